The molecule has 0 radical (unpaired) electrons. The normalized spacial score (nSPS) is 23.6. The largest absolute Gasteiger partial charge is 0.490 e. The molecule has 0 aromatic heterocycles. The van der Waals surface area contributed by atoms with Gasteiger partial charge in [-0.25, -0.2) is 0 Å². The van der Waals surface area contributed by atoms with Crippen molar-refractivity contribution in [1.29, 1.82) is 0 Å². The lowest BCUT2D eigenvalue weighted by molar-refractivity contribution is 0.0884. The molecule has 0 atom stereocenters. The molecule has 0 spiro atoms. The molecule has 1 aromatic rings. The molecule has 1 fully saturated rings. The van der Waals surface area contributed by atoms with Gasteiger partial charge in [-0.15, -0.1) is 0 Å². The Hall–Kier alpha value is -1.02. The Labute approximate surface area is 111 Å². The van der Waals surface area contributed by atoms with Crippen LogP contribution in [0, 0.1) is 0 Å². The third kappa shape index (κ3) is 2.86. The fourth-order valence-electron chi connectivity index (χ4n) is 2.28. The molecule has 2 heteroatoms. The summed E-state index contributed by atoms with van der Waals surface area (Å²) in [6, 6.07) is 9.27. The van der Waals surface area contributed by atoms with Crippen molar-refractivity contribution in [2.75, 3.05) is 7.05 Å². The van der Waals surface area contributed by atoms with Crippen LogP contribution in [0.1, 0.15) is 45.6 Å². The highest BCUT2D eigenvalue weighted by Crippen LogP contribution is 2.30. The fraction of sp³-hybridized carbons (Fsp3) is 0.625. The molecular formula is C16H25NO. The van der Waals surface area contributed by atoms with Crippen LogP contribution in [0.3, 0.4) is 0 Å². The maximum absolute atomic E-state index is 5.94. The quantitative estimate of drug-likeness (QED) is 0.860. The zero-order valence-corrected chi connectivity index (χ0v) is 12.0. The second-order valence-corrected chi connectivity index (χ2v) is 5.96. The van der Waals surface area contributed by atoms with E-state index in [0.29, 0.717) is 12.1 Å². The minimum atomic E-state index is 0.256. The number of benzene rings is 1. The Morgan fingerprint density at radius 3 is 2.33 bits per heavy atom. The number of ether oxygens (including phenoxy) is 1. The molecule has 1 aliphatic rings. The van der Waals surface area contributed by atoms with E-state index < -0.39 is 0 Å². The molecular weight excluding hydrogens is 222 g/mol. The van der Waals surface area contributed by atoms with E-state index in [9.17, 15) is 0 Å². The molecule has 1 N–H and O–H groups in total. The molecule has 1 aliphatic carbocycles. The third-order valence-corrected chi connectivity index (χ3v) is 4.33. The van der Waals surface area contributed by atoms with Gasteiger partial charge in [-0.3, -0.25) is 0 Å². The molecule has 0 saturated heterocycles. The van der Waals surface area contributed by atoms with Crippen LogP contribution in [0.15, 0.2) is 24.3 Å². The first-order valence-electron chi connectivity index (χ1n) is 6.99. The fourth-order valence-corrected chi connectivity index (χ4v) is 2.28. The van der Waals surface area contributed by atoms with Gasteiger partial charge in [0.15, 0.2) is 0 Å². The van der Waals surface area contributed by atoms with Crippen molar-refractivity contribution in [1.82, 2.24) is 5.32 Å². The first-order chi connectivity index (χ1) is 8.55. The molecule has 18 heavy (non-hydrogen) atoms. The standard InChI is InChI=1S/C16H25NO/c1-5-16(2,3)12-6-8-14(9-7-12)18-15-10-13(11-15)17-4/h6-9,13,15,17H,5,10-11H2,1-4H3. The monoisotopic (exact) mass is 247 g/mol. The molecule has 100 valence electrons. The summed E-state index contributed by atoms with van der Waals surface area (Å²) >= 11 is 0. The molecule has 2 rings (SSSR count). The van der Waals surface area contributed by atoms with Crippen molar-refractivity contribution in [3.8, 4) is 5.75 Å². The maximum atomic E-state index is 5.94. The Morgan fingerprint density at radius 1 is 1.22 bits per heavy atom. The average Bonchev–Trinajstić information content (AvgIpc) is 2.34. The number of hydrogen-bond acceptors (Lipinski definition) is 2. The Bertz CT molecular complexity index is 377. The molecule has 2 nitrogen and oxygen atoms in total. The summed E-state index contributed by atoms with van der Waals surface area (Å²) < 4.78 is 5.94. The summed E-state index contributed by atoms with van der Waals surface area (Å²) in [5, 5.41) is 3.27. The zero-order valence-electron chi connectivity index (χ0n) is 12.0. The van der Waals surface area contributed by atoms with Crippen LogP contribution >= 0.6 is 0 Å². The predicted octanol–water partition coefficient (Wildman–Crippen LogP) is 3.50. The van der Waals surface area contributed by atoms with Gasteiger partial charge in [0.05, 0.1) is 0 Å². The minimum Gasteiger partial charge on any atom is -0.490 e. The van der Waals surface area contributed by atoms with Crippen molar-refractivity contribution in [3.63, 3.8) is 0 Å². The summed E-state index contributed by atoms with van der Waals surface area (Å²) in [6.45, 7) is 6.80. The van der Waals surface area contributed by atoms with E-state index in [4.69, 9.17) is 4.74 Å². The summed E-state index contributed by atoms with van der Waals surface area (Å²) in [6.07, 6.45) is 3.80. The van der Waals surface area contributed by atoms with E-state index in [1.165, 1.54) is 5.56 Å². The van der Waals surface area contributed by atoms with Gasteiger partial charge in [0.1, 0.15) is 11.9 Å². The summed E-state index contributed by atoms with van der Waals surface area (Å²) in [5.74, 6) is 1.00. The Morgan fingerprint density at radius 2 is 1.83 bits per heavy atom. The van der Waals surface area contributed by atoms with Crippen LogP contribution in [0.25, 0.3) is 0 Å². The van der Waals surface area contributed by atoms with E-state index in [1.54, 1.807) is 0 Å². The van der Waals surface area contributed by atoms with E-state index in [2.05, 4.69) is 50.4 Å². The highest BCUT2D eigenvalue weighted by atomic mass is 16.5. The highest BCUT2D eigenvalue weighted by molar-refractivity contribution is 5.31. The van der Waals surface area contributed by atoms with Gasteiger partial charge in [0, 0.05) is 6.04 Å². The molecule has 1 saturated carbocycles. The highest BCUT2D eigenvalue weighted by Gasteiger charge is 2.29. The minimum absolute atomic E-state index is 0.256. The lowest BCUT2D eigenvalue weighted by atomic mass is 9.82. The number of hydrogen-bond donors (Lipinski definition) is 1. The molecule has 0 heterocycles. The topological polar surface area (TPSA) is 21.3 Å². The predicted molar refractivity (Wildman–Crippen MR) is 76.3 cm³/mol. The van der Waals surface area contributed by atoms with Crippen molar-refractivity contribution in [2.24, 2.45) is 0 Å². The van der Waals surface area contributed by atoms with Crippen LogP contribution in [-0.4, -0.2) is 19.2 Å². The maximum Gasteiger partial charge on any atom is 0.119 e. The second-order valence-electron chi connectivity index (χ2n) is 5.96. The van der Waals surface area contributed by atoms with E-state index in [-0.39, 0.29) is 5.41 Å². The van der Waals surface area contributed by atoms with Crippen LogP contribution in [0.5, 0.6) is 5.75 Å². The third-order valence-electron chi connectivity index (χ3n) is 4.33. The van der Waals surface area contributed by atoms with Crippen molar-refractivity contribution in [3.05, 3.63) is 29.8 Å². The van der Waals surface area contributed by atoms with Crippen molar-refractivity contribution < 1.29 is 4.74 Å². The van der Waals surface area contributed by atoms with Gasteiger partial charge < -0.3 is 10.1 Å². The molecule has 0 aliphatic heterocycles. The van der Waals surface area contributed by atoms with E-state index in [0.717, 1.165) is 25.0 Å². The van der Waals surface area contributed by atoms with Gasteiger partial charge in [0.2, 0.25) is 0 Å². The van der Waals surface area contributed by atoms with Crippen molar-refractivity contribution >= 4 is 0 Å². The van der Waals surface area contributed by atoms with Crippen LogP contribution in [0.4, 0.5) is 0 Å². The summed E-state index contributed by atoms with van der Waals surface area (Å²) in [4.78, 5) is 0. The van der Waals surface area contributed by atoms with Gasteiger partial charge in [0.25, 0.3) is 0 Å². The lowest BCUT2D eigenvalue weighted by Gasteiger charge is -2.35. The van der Waals surface area contributed by atoms with Crippen LogP contribution in [-0.2, 0) is 5.41 Å². The molecule has 0 unspecified atom stereocenters. The van der Waals surface area contributed by atoms with Crippen LogP contribution < -0.4 is 10.1 Å². The van der Waals surface area contributed by atoms with Gasteiger partial charge in [-0.05, 0) is 49.4 Å². The Balaban J connectivity index is 1.92. The molecule has 1 aromatic carbocycles. The SMILES string of the molecule is CCC(C)(C)c1ccc(OC2CC(NC)C2)cc1. The summed E-state index contributed by atoms with van der Waals surface area (Å²) in [7, 11) is 2.02. The number of nitrogens with one attached hydrogen (secondary N) is 1. The molecule has 0 bridgehead atoms. The van der Waals surface area contributed by atoms with Crippen molar-refractivity contribution in [2.45, 2.75) is 57.6 Å². The van der Waals surface area contributed by atoms with Gasteiger partial charge in [-0.2, -0.15) is 0 Å². The first-order valence-corrected chi connectivity index (χ1v) is 6.99. The zero-order chi connectivity index (χ0) is 13.2. The summed E-state index contributed by atoms with van der Waals surface area (Å²) in [5.41, 5.74) is 1.64. The smallest absolute Gasteiger partial charge is 0.119 e. The van der Waals surface area contributed by atoms with E-state index >= 15 is 0 Å². The molecule has 0 amide bonds. The van der Waals surface area contributed by atoms with Gasteiger partial charge in [-0.1, -0.05) is 32.9 Å². The average molecular weight is 247 g/mol. The van der Waals surface area contributed by atoms with E-state index in [1.807, 2.05) is 7.05 Å². The van der Waals surface area contributed by atoms with Gasteiger partial charge >= 0.3 is 0 Å². The number of rotatable bonds is 5. The Kier molecular flexibility index (Phi) is 3.96. The second kappa shape index (κ2) is 5.31. The van der Waals surface area contributed by atoms with Crippen LogP contribution in [0.2, 0.25) is 0 Å². The first kappa shape index (κ1) is 13.4. The lowest BCUT2D eigenvalue weighted by Crippen LogP contribution is -2.45.